The molecule has 1 heterocycles. The number of hydrogen-bond donors (Lipinski definition) is 0. The van der Waals surface area contributed by atoms with Crippen molar-refractivity contribution < 1.29 is 4.92 Å². The van der Waals surface area contributed by atoms with Crippen LogP contribution in [0.3, 0.4) is 0 Å². The van der Waals surface area contributed by atoms with Crippen molar-refractivity contribution in [2.45, 2.75) is 0 Å². The molecule has 0 atom stereocenters. The molecule has 0 saturated heterocycles. The number of nitro benzene ring substituents is 1. The molecule has 0 radical (unpaired) electrons. The van der Waals surface area contributed by atoms with Gasteiger partial charge in [0.25, 0.3) is 5.69 Å². The monoisotopic (exact) mass is 291 g/mol. The molecule has 0 bridgehead atoms. The molecule has 0 unspecified atom stereocenters. The molecule has 0 spiro atoms. The molecular weight excluding hydrogens is 290 g/mol. The molecule has 14 heavy (non-hydrogen) atoms. The van der Waals surface area contributed by atoms with Gasteiger partial charge in [-0.1, -0.05) is 11.6 Å². The fraction of sp³-hybridized carbons (Fsp3) is 0. The van der Waals surface area contributed by atoms with Crippen LogP contribution in [0.15, 0.2) is 22.0 Å². The zero-order chi connectivity index (χ0) is 10.3. The molecule has 6 heteroatoms. The normalized spacial score (nSPS) is 10.7. The van der Waals surface area contributed by atoms with Crippen molar-refractivity contribution in [2.24, 2.45) is 0 Å². The van der Waals surface area contributed by atoms with E-state index in [4.69, 9.17) is 11.6 Å². The van der Waals surface area contributed by atoms with Gasteiger partial charge in [-0.3, -0.25) is 10.1 Å². The molecule has 0 N–H and O–H groups in total. The second-order valence-corrected chi connectivity index (χ2v) is 5.43. The molecule has 0 aliphatic carbocycles. The first-order valence-electron chi connectivity index (χ1n) is 3.61. The zero-order valence-corrected chi connectivity index (χ0v) is 9.82. The van der Waals surface area contributed by atoms with Crippen molar-refractivity contribution in [3.63, 3.8) is 0 Å². The van der Waals surface area contributed by atoms with Crippen LogP contribution in [0.4, 0.5) is 5.69 Å². The van der Waals surface area contributed by atoms with Gasteiger partial charge in [0, 0.05) is 6.07 Å². The lowest BCUT2D eigenvalue weighted by atomic mass is 10.2. The number of nitrogens with zero attached hydrogens (tertiary/aromatic N) is 1. The molecular formula is C8H3BrClNO2S. The maximum Gasteiger partial charge on any atom is 0.289 e. The number of fused-ring (bicyclic) bond motifs is 1. The van der Waals surface area contributed by atoms with Crippen LogP contribution in [0.1, 0.15) is 0 Å². The average molecular weight is 293 g/mol. The summed E-state index contributed by atoms with van der Waals surface area (Å²) in [6.07, 6.45) is 0. The quantitative estimate of drug-likeness (QED) is 0.583. The Morgan fingerprint density at radius 2 is 2.21 bits per heavy atom. The molecule has 2 aromatic rings. The van der Waals surface area contributed by atoms with Gasteiger partial charge in [-0.05, 0) is 33.4 Å². The summed E-state index contributed by atoms with van der Waals surface area (Å²) in [5.74, 6) is 0. The predicted molar refractivity (Wildman–Crippen MR) is 61.2 cm³/mol. The third-order valence-corrected chi connectivity index (χ3v) is 3.94. The number of halogens is 2. The highest BCUT2D eigenvalue weighted by atomic mass is 79.9. The van der Waals surface area contributed by atoms with E-state index < -0.39 is 4.92 Å². The van der Waals surface area contributed by atoms with Gasteiger partial charge in [0.15, 0.2) is 0 Å². The Kier molecular flexibility index (Phi) is 2.47. The number of rotatable bonds is 1. The maximum absolute atomic E-state index is 10.6. The average Bonchev–Trinajstić information content (AvgIpc) is 2.46. The van der Waals surface area contributed by atoms with E-state index in [0.29, 0.717) is 0 Å². The fourth-order valence-electron chi connectivity index (χ4n) is 1.17. The van der Waals surface area contributed by atoms with Crippen LogP contribution in [0.25, 0.3) is 10.1 Å². The van der Waals surface area contributed by atoms with E-state index in [1.807, 2.05) is 6.07 Å². The summed E-state index contributed by atoms with van der Waals surface area (Å²) in [5, 5.41) is 11.7. The number of hydrogen-bond acceptors (Lipinski definition) is 3. The minimum atomic E-state index is -0.477. The topological polar surface area (TPSA) is 43.1 Å². The van der Waals surface area contributed by atoms with Gasteiger partial charge in [0.2, 0.25) is 0 Å². The fourth-order valence-corrected chi connectivity index (χ4v) is 3.08. The molecule has 1 aromatic carbocycles. The van der Waals surface area contributed by atoms with Crippen LogP contribution in [-0.2, 0) is 0 Å². The molecule has 0 saturated carbocycles. The highest BCUT2D eigenvalue weighted by Gasteiger charge is 2.16. The summed E-state index contributed by atoms with van der Waals surface area (Å²) in [4.78, 5) is 10.1. The third-order valence-electron chi connectivity index (χ3n) is 1.77. The van der Waals surface area contributed by atoms with Crippen LogP contribution in [0.2, 0.25) is 5.02 Å². The Bertz CT molecular complexity index is 525. The van der Waals surface area contributed by atoms with E-state index in [-0.39, 0.29) is 10.7 Å². The van der Waals surface area contributed by atoms with Crippen molar-refractivity contribution in [3.05, 3.63) is 37.1 Å². The van der Waals surface area contributed by atoms with Gasteiger partial charge in [0.05, 0.1) is 13.4 Å². The Balaban J connectivity index is 2.80. The summed E-state index contributed by atoms with van der Waals surface area (Å²) >= 11 is 10.6. The molecule has 3 nitrogen and oxygen atoms in total. The molecule has 0 aliphatic rings. The lowest BCUT2D eigenvalue weighted by Gasteiger charge is -1.95. The summed E-state index contributed by atoms with van der Waals surface area (Å²) in [5.41, 5.74) is -0.0477. The standard InChI is InChI=1S/C8H3BrClNO2S/c9-6-3-4-1-2-5(11(12)13)7(10)8(4)14-6/h1-3H. The van der Waals surface area contributed by atoms with E-state index in [1.165, 1.54) is 17.4 Å². The van der Waals surface area contributed by atoms with Gasteiger partial charge in [-0.2, -0.15) is 0 Å². The molecule has 0 fully saturated rings. The zero-order valence-electron chi connectivity index (χ0n) is 6.66. The minimum Gasteiger partial charge on any atom is -0.258 e. The SMILES string of the molecule is O=[N+]([O-])c1ccc2cc(Br)sc2c1Cl. The van der Waals surface area contributed by atoms with Gasteiger partial charge in [-0.25, -0.2) is 0 Å². The minimum absolute atomic E-state index is 0.0477. The van der Waals surface area contributed by atoms with Gasteiger partial charge in [-0.15, -0.1) is 11.3 Å². The van der Waals surface area contributed by atoms with Crippen molar-refractivity contribution in [1.82, 2.24) is 0 Å². The Morgan fingerprint density at radius 1 is 1.50 bits per heavy atom. The smallest absolute Gasteiger partial charge is 0.258 e. The van der Waals surface area contributed by atoms with Crippen molar-refractivity contribution in [3.8, 4) is 0 Å². The Hall–Kier alpha value is -0.650. The van der Waals surface area contributed by atoms with E-state index in [9.17, 15) is 10.1 Å². The lowest BCUT2D eigenvalue weighted by Crippen LogP contribution is -1.87. The molecule has 72 valence electrons. The molecule has 0 aliphatic heterocycles. The third kappa shape index (κ3) is 1.51. The van der Waals surface area contributed by atoms with Crippen LogP contribution >= 0.6 is 38.9 Å². The summed E-state index contributed by atoms with van der Waals surface area (Å²) in [6.45, 7) is 0. The summed E-state index contributed by atoms with van der Waals surface area (Å²) < 4.78 is 1.66. The van der Waals surface area contributed by atoms with E-state index in [2.05, 4.69) is 15.9 Å². The molecule has 0 amide bonds. The second-order valence-electron chi connectivity index (χ2n) is 2.62. The van der Waals surface area contributed by atoms with Crippen molar-refractivity contribution in [1.29, 1.82) is 0 Å². The largest absolute Gasteiger partial charge is 0.289 e. The number of benzene rings is 1. The van der Waals surface area contributed by atoms with Crippen molar-refractivity contribution in [2.75, 3.05) is 0 Å². The van der Waals surface area contributed by atoms with Gasteiger partial charge < -0.3 is 0 Å². The van der Waals surface area contributed by atoms with Crippen LogP contribution < -0.4 is 0 Å². The second kappa shape index (κ2) is 3.49. The van der Waals surface area contributed by atoms with Crippen LogP contribution in [0.5, 0.6) is 0 Å². The van der Waals surface area contributed by atoms with Gasteiger partial charge in [0.1, 0.15) is 5.02 Å². The Labute approximate surface area is 96.6 Å². The Morgan fingerprint density at radius 3 is 2.86 bits per heavy atom. The van der Waals surface area contributed by atoms with E-state index in [1.54, 1.807) is 6.07 Å². The molecule has 1 aromatic heterocycles. The van der Waals surface area contributed by atoms with E-state index in [0.717, 1.165) is 13.9 Å². The maximum atomic E-state index is 10.6. The van der Waals surface area contributed by atoms with Crippen LogP contribution in [0, 0.1) is 10.1 Å². The number of thiophene rings is 1. The number of nitro groups is 1. The first kappa shape index (κ1) is 9.89. The summed E-state index contributed by atoms with van der Waals surface area (Å²) in [7, 11) is 0. The highest BCUT2D eigenvalue weighted by Crippen LogP contribution is 2.39. The predicted octanol–water partition coefficient (Wildman–Crippen LogP) is 4.23. The first-order chi connectivity index (χ1) is 6.59. The van der Waals surface area contributed by atoms with E-state index >= 15 is 0 Å². The first-order valence-corrected chi connectivity index (χ1v) is 5.60. The summed E-state index contributed by atoms with van der Waals surface area (Å²) in [6, 6.07) is 5.00. The van der Waals surface area contributed by atoms with Crippen LogP contribution in [-0.4, -0.2) is 4.92 Å². The lowest BCUT2D eigenvalue weighted by molar-refractivity contribution is -0.384. The van der Waals surface area contributed by atoms with Crippen molar-refractivity contribution >= 4 is 54.6 Å². The highest BCUT2D eigenvalue weighted by molar-refractivity contribution is 9.11. The molecule has 2 rings (SSSR count). The van der Waals surface area contributed by atoms with Gasteiger partial charge >= 0.3 is 0 Å².